The Labute approximate surface area is 95.2 Å². The lowest BCUT2D eigenvalue weighted by atomic mass is 10.2. The first kappa shape index (κ1) is 10.1. The molecule has 0 spiro atoms. The lowest BCUT2D eigenvalue weighted by Crippen LogP contribution is -2.46. The number of thiophene rings is 1. The Morgan fingerprint density at radius 2 is 2.43 bits per heavy atom. The SMILES string of the molecule is O=C(c1sccc1Br)N1CCCCN1. The molecule has 0 radical (unpaired) electrons. The predicted molar refractivity (Wildman–Crippen MR) is 60.3 cm³/mol. The minimum absolute atomic E-state index is 0.0755. The van der Waals surface area contributed by atoms with Crippen molar-refractivity contribution in [2.45, 2.75) is 12.8 Å². The Hall–Kier alpha value is -0.390. The van der Waals surface area contributed by atoms with Crippen LogP contribution in [0.25, 0.3) is 0 Å². The van der Waals surface area contributed by atoms with E-state index < -0.39 is 0 Å². The smallest absolute Gasteiger partial charge is 0.273 e. The van der Waals surface area contributed by atoms with E-state index in [2.05, 4.69) is 21.4 Å². The number of rotatable bonds is 1. The molecule has 1 aliphatic rings. The quantitative estimate of drug-likeness (QED) is 0.852. The van der Waals surface area contributed by atoms with Gasteiger partial charge in [0.15, 0.2) is 0 Å². The minimum Gasteiger partial charge on any atom is -0.273 e. The summed E-state index contributed by atoms with van der Waals surface area (Å²) < 4.78 is 0.889. The zero-order valence-electron chi connectivity index (χ0n) is 7.62. The molecule has 1 aliphatic heterocycles. The average molecular weight is 275 g/mol. The fourth-order valence-electron chi connectivity index (χ4n) is 1.43. The number of hydrogen-bond acceptors (Lipinski definition) is 3. The maximum absolute atomic E-state index is 11.9. The molecule has 1 N–H and O–H groups in total. The van der Waals surface area contributed by atoms with Gasteiger partial charge < -0.3 is 0 Å². The van der Waals surface area contributed by atoms with Crippen LogP contribution in [0.1, 0.15) is 22.5 Å². The monoisotopic (exact) mass is 274 g/mol. The van der Waals surface area contributed by atoms with E-state index in [0.717, 1.165) is 35.3 Å². The summed E-state index contributed by atoms with van der Waals surface area (Å²) in [5.74, 6) is 0.0755. The van der Waals surface area contributed by atoms with Crippen molar-refractivity contribution in [3.63, 3.8) is 0 Å². The predicted octanol–water partition coefficient (Wildman–Crippen LogP) is 2.25. The van der Waals surface area contributed by atoms with Gasteiger partial charge in [0.25, 0.3) is 5.91 Å². The number of nitrogens with one attached hydrogen (secondary N) is 1. The second-order valence-corrected chi connectivity index (χ2v) is 4.94. The minimum atomic E-state index is 0.0755. The van der Waals surface area contributed by atoms with Crippen LogP contribution in [0.3, 0.4) is 0 Å². The fourth-order valence-corrected chi connectivity index (χ4v) is 2.92. The van der Waals surface area contributed by atoms with Gasteiger partial charge in [0.05, 0.1) is 0 Å². The highest BCUT2D eigenvalue weighted by molar-refractivity contribution is 9.10. The van der Waals surface area contributed by atoms with Crippen molar-refractivity contribution in [2.75, 3.05) is 13.1 Å². The number of hydrazine groups is 1. The van der Waals surface area contributed by atoms with Crippen molar-refractivity contribution >= 4 is 33.2 Å². The summed E-state index contributed by atoms with van der Waals surface area (Å²) in [7, 11) is 0. The van der Waals surface area contributed by atoms with Crippen molar-refractivity contribution in [1.82, 2.24) is 10.4 Å². The number of amides is 1. The number of carbonyl (C=O) groups excluding carboxylic acids is 1. The van der Waals surface area contributed by atoms with Gasteiger partial charge in [-0.2, -0.15) is 0 Å². The zero-order chi connectivity index (χ0) is 9.97. The van der Waals surface area contributed by atoms with Crippen molar-refractivity contribution in [3.05, 3.63) is 20.8 Å². The van der Waals surface area contributed by atoms with E-state index in [0.29, 0.717) is 0 Å². The molecule has 1 aromatic heterocycles. The van der Waals surface area contributed by atoms with Gasteiger partial charge in [0, 0.05) is 17.6 Å². The van der Waals surface area contributed by atoms with Gasteiger partial charge in [-0.15, -0.1) is 11.3 Å². The van der Waals surface area contributed by atoms with Crippen LogP contribution in [0.15, 0.2) is 15.9 Å². The lowest BCUT2D eigenvalue weighted by molar-refractivity contribution is 0.0615. The Bertz CT molecular complexity index is 333. The first-order valence-corrected chi connectivity index (χ1v) is 6.24. The topological polar surface area (TPSA) is 32.3 Å². The third kappa shape index (κ3) is 1.99. The second kappa shape index (κ2) is 4.42. The van der Waals surface area contributed by atoms with Gasteiger partial charge in [-0.05, 0) is 40.2 Å². The van der Waals surface area contributed by atoms with Crippen LogP contribution in [0.5, 0.6) is 0 Å². The van der Waals surface area contributed by atoms with Crippen LogP contribution < -0.4 is 5.43 Å². The molecule has 1 amide bonds. The normalized spacial score (nSPS) is 17.1. The molecule has 0 saturated carbocycles. The molecular weight excluding hydrogens is 264 g/mol. The van der Waals surface area contributed by atoms with Gasteiger partial charge in [-0.3, -0.25) is 9.80 Å². The average Bonchev–Trinajstić information content (AvgIpc) is 2.65. The van der Waals surface area contributed by atoms with E-state index in [-0.39, 0.29) is 5.91 Å². The van der Waals surface area contributed by atoms with Crippen LogP contribution in [0, 0.1) is 0 Å². The highest BCUT2D eigenvalue weighted by Crippen LogP contribution is 2.24. The maximum atomic E-state index is 11.9. The van der Waals surface area contributed by atoms with Crippen molar-refractivity contribution in [1.29, 1.82) is 0 Å². The molecule has 2 heterocycles. The van der Waals surface area contributed by atoms with Gasteiger partial charge in [0.1, 0.15) is 4.88 Å². The summed E-state index contributed by atoms with van der Waals surface area (Å²) in [4.78, 5) is 12.7. The van der Waals surface area contributed by atoms with Crippen molar-refractivity contribution in [2.24, 2.45) is 0 Å². The second-order valence-electron chi connectivity index (χ2n) is 3.17. The lowest BCUT2D eigenvalue weighted by Gasteiger charge is -2.27. The molecular formula is C9H11BrN2OS. The Balaban J connectivity index is 2.11. The molecule has 2 rings (SSSR count). The van der Waals surface area contributed by atoms with E-state index in [9.17, 15) is 4.79 Å². The molecule has 14 heavy (non-hydrogen) atoms. The van der Waals surface area contributed by atoms with Crippen molar-refractivity contribution < 1.29 is 4.79 Å². The summed E-state index contributed by atoms with van der Waals surface area (Å²) in [5.41, 5.74) is 3.10. The first-order chi connectivity index (χ1) is 6.79. The molecule has 0 bridgehead atoms. The number of carbonyl (C=O) groups is 1. The maximum Gasteiger partial charge on any atom is 0.279 e. The van der Waals surface area contributed by atoms with Crippen LogP contribution in [-0.2, 0) is 0 Å². The van der Waals surface area contributed by atoms with Crippen molar-refractivity contribution in [3.8, 4) is 0 Å². The van der Waals surface area contributed by atoms with Crippen LogP contribution >= 0.6 is 27.3 Å². The fraction of sp³-hybridized carbons (Fsp3) is 0.444. The van der Waals surface area contributed by atoms with Gasteiger partial charge in [-0.25, -0.2) is 5.43 Å². The van der Waals surface area contributed by atoms with Crippen LogP contribution in [0.2, 0.25) is 0 Å². The highest BCUT2D eigenvalue weighted by atomic mass is 79.9. The molecule has 0 aromatic carbocycles. The van der Waals surface area contributed by atoms with Crippen LogP contribution in [0.4, 0.5) is 0 Å². The number of hydrogen-bond donors (Lipinski definition) is 1. The third-order valence-corrected chi connectivity index (χ3v) is 3.99. The van der Waals surface area contributed by atoms with Gasteiger partial charge >= 0.3 is 0 Å². The zero-order valence-corrected chi connectivity index (χ0v) is 10.0. The molecule has 1 fully saturated rings. The standard InChI is InChI=1S/C9H11BrN2OS/c10-7-3-6-14-8(7)9(13)12-5-2-1-4-11-12/h3,6,11H,1-2,4-5H2. The molecule has 0 atom stereocenters. The number of nitrogens with zero attached hydrogens (tertiary/aromatic N) is 1. The van der Waals surface area contributed by atoms with E-state index in [1.54, 1.807) is 5.01 Å². The Morgan fingerprint density at radius 3 is 3.00 bits per heavy atom. The van der Waals surface area contributed by atoms with Gasteiger partial charge in [0.2, 0.25) is 0 Å². The molecule has 0 unspecified atom stereocenters. The van der Waals surface area contributed by atoms with Gasteiger partial charge in [-0.1, -0.05) is 0 Å². The largest absolute Gasteiger partial charge is 0.279 e. The molecule has 3 nitrogen and oxygen atoms in total. The summed E-state index contributed by atoms with van der Waals surface area (Å²) in [6.45, 7) is 1.71. The third-order valence-electron chi connectivity index (χ3n) is 2.17. The van der Waals surface area contributed by atoms with E-state index in [4.69, 9.17) is 0 Å². The Morgan fingerprint density at radius 1 is 1.57 bits per heavy atom. The molecule has 5 heteroatoms. The first-order valence-electron chi connectivity index (χ1n) is 4.57. The molecule has 0 aliphatic carbocycles. The molecule has 76 valence electrons. The summed E-state index contributed by atoms with van der Waals surface area (Å²) >= 11 is 4.84. The highest BCUT2D eigenvalue weighted by Gasteiger charge is 2.20. The molecule has 1 saturated heterocycles. The van der Waals surface area contributed by atoms with E-state index >= 15 is 0 Å². The summed E-state index contributed by atoms with van der Waals surface area (Å²) in [6.07, 6.45) is 2.23. The van der Waals surface area contributed by atoms with E-state index in [1.807, 2.05) is 11.4 Å². The Kier molecular flexibility index (Phi) is 3.20. The summed E-state index contributed by atoms with van der Waals surface area (Å²) in [6, 6.07) is 1.90. The van der Waals surface area contributed by atoms with E-state index in [1.165, 1.54) is 11.3 Å². The van der Waals surface area contributed by atoms with Crippen LogP contribution in [-0.4, -0.2) is 24.0 Å². The number of halogens is 1. The molecule has 1 aromatic rings. The summed E-state index contributed by atoms with van der Waals surface area (Å²) in [5, 5.41) is 3.63.